The van der Waals surface area contributed by atoms with Gasteiger partial charge in [0.25, 0.3) is 5.91 Å². The van der Waals surface area contributed by atoms with E-state index < -0.39 is 0 Å². The molecule has 0 spiro atoms. The highest BCUT2D eigenvalue weighted by Crippen LogP contribution is 2.15. The monoisotopic (exact) mass is 352 g/mol. The van der Waals surface area contributed by atoms with Crippen LogP contribution in [0, 0.1) is 5.82 Å². The van der Waals surface area contributed by atoms with Crippen molar-refractivity contribution in [3.8, 4) is 0 Å². The molecule has 6 nitrogen and oxygen atoms in total. The summed E-state index contributed by atoms with van der Waals surface area (Å²) in [6.45, 7) is 1.01. The van der Waals surface area contributed by atoms with E-state index in [9.17, 15) is 14.0 Å². The lowest BCUT2D eigenvalue weighted by Gasteiger charge is -2.34. The molecular formula is C19H17FN4O2. The van der Waals surface area contributed by atoms with Gasteiger partial charge in [-0.3, -0.25) is 9.59 Å². The van der Waals surface area contributed by atoms with Crippen molar-refractivity contribution in [1.29, 1.82) is 0 Å². The van der Waals surface area contributed by atoms with E-state index in [1.54, 1.807) is 58.2 Å². The molecule has 3 heterocycles. The Hall–Kier alpha value is -3.22. The molecule has 7 heteroatoms. The molecule has 1 saturated heterocycles. The van der Waals surface area contributed by atoms with Crippen LogP contribution in [0.15, 0.2) is 55.0 Å². The summed E-state index contributed by atoms with van der Waals surface area (Å²) in [5, 5.41) is 0. The number of benzene rings is 1. The van der Waals surface area contributed by atoms with Gasteiger partial charge in [-0.15, -0.1) is 0 Å². The molecule has 0 unspecified atom stereocenters. The SMILES string of the molecule is O=C1CN(C(=O)c2ccc3nccn3c2)CCN1Cc1ccccc1F. The van der Waals surface area contributed by atoms with E-state index in [2.05, 4.69) is 4.98 Å². The number of amides is 2. The summed E-state index contributed by atoms with van der Waals surface area (Å²) in [5.74, 6) is -0.705. The van der Waals surface area contributed by atoms with E-state index in [1.165, 1.54) is 11.0 Å². The molecule has 0 aliphatic carbocycles. The van der Waals surface area contributed by atoms with E-state index in [-0.39, 0.29) is 30.7 Å². The van der Waals surface area contributed by atoms with Crippen molar-refractivity contribution < 1.29 is 14.0 Å². The minimum Gasteiger partial charge on any atom is -0.335 e. The summed E-state index contributed by atoms with van der Waals surface area (Å²) < 4.78 is 15.6. The van der Waals surface area contributed by atoms with E-state index in [4.69, 9.17) is 0 Å². The maximum absolute atomic E-state index is 13.8. The average molecular weight is 352 g/mol. The number of fused-ring (bicyclic) bond motifs is 1. The molecule has 0 bridgehead atoms. The predicted molar refractivity (Wildman–Crippen MR) is 92.9 cm³/mol. The maximum atomic E-state index is 13.8. The predicted octanol–water partition coefficient (Wildman–Crippen LogP) is 1.96. The molecule has 0 N–H and O–H groups in total. The first-order valence-corrected chi connectivity index (χ1v) is 8.35. The Bertz CT molecular complexity index is 984. The van der Waals surface area contributed by atoms with Crippen molar-refractivity contribution in [1.82, 2.24) is 19.2 Å². The highest BCUT2D eigenvalue weighted by molar-refractivity contribution is 5.97. The number of carbonyl (C=O) groups is 2. The first-order valence-electron chi connectivity index (χ1n) is 8.35. The van der Waals surface area contributed by atoms with Crippen molar-refractivity contribution in [3.05, 3.63) is 71.9 Å². The van der Waals surface area contributed by atoms with E-state index >= 15 is 0 Å². The van der Waals surface area contributed by atoms with Gasteiger partial charge in [0.15, 0.2) is 0 Å². The third-order valence-corrected chi connectivity index (χ3v) is 4.56. The molecule has 4 rings (SSSR count). The van der Waals surface area contributed by atoms with Crippen LogP contribution >= 0.6 is 0 Å². The number of imidazole rings is 1. The standard InChI is InChI=1S/C19H17FN4O2/c20-16-4-2-1-3-14(16)11-23-9-10-24(13-18(23)25)19(26)15-5-6-17-21-7-8-22(17)12-15/h1-8,12H,9-11,13H2. The molecule has 132 valence electrons. The first kappa shape index (κ1) is 16.3. The third kappa shape index (κ3) is 3.03. The number of piperazine rings is 1. The highest BCUT2D eigenvalue weighted by Gasteiger charge is 2.28. The summed E-state index contributed by atoms with van der Waals surface area (Å²) in [5.41, 5.74) is 1.74. The molecule has 1 aliphatic heterocycles. The third-order valence-electron chi connectivity index (χ3n) is 4.56. The molecular weight excluding hydrogens is 335 g/mol. The fourth-order valence-electron chi connectivity index (χ4n) is 3.11. The van der Waals surface area contributed by atoms with Crippen LogP contribution in [-0.2, 0) is 11.3 Å². The minimum absolute atomic E-state index is 0.00471. The fraction of sp³-hybridized carbons (Fsp3) is 0.211. The average Bonchev–Trinajstić information content (AvgIpc) is 3.12. The number of pyridine rings is 1. The largest absolute Gasteiger partial charge is 0.335 e. The summed E-state index contributed by atoms with van der Waals surface area (Å²) in [6.07, 6.45) is 5.14. The van der Waals surface area contributed by atoms with Gasteiger partial charge in [-0.25, -0.2) is 9.37 Å². The summed E-state index contributed by atoms with van der Waals surface area (Å²) in [6, 6.07) is 9.89. The molecule has 0 radical (unpaired) electrons. The molecule has 1 fully saturated rings. The number of rotatable bonds is 3. The second-order valence-electron chi connectivity index (χ2n) is 6.24. The van der Waals surface area contributed by atoms with E-state index in [1.807, 2.05) is 0 Å². The molecule has 26 heavy (non-hydrogen) atoms. The number of hydrogen-bond donors (Lipinski definition) is 0. The van der Waals surface area contributed by atoms with Crippen LogP contribution in [-0.4, -0.2) is 50.6 Å². The van der Waals surface area contributed by atoms with Crippen LogP contribution < -0.4 is 0 Å². The van der Waals surface area contributed by atoms with Crippen LogP contribution in [0.25, 0.3) is 5.65 Å². The second-order valence-corrected chi connectivity index (χ2v) is 6.24. The van der Waals surface area contributed by atoms with Crippen molar-refractivity contribution in [2.45, 2.75) is 6.54 Å². The van der Waals surface area contributed by atoms with Crippen LogP contribution in [0.3, 0.4) is 0 Å². The summed E-state index contributed by atoms with van der Waals surface area (Å²) >= 11 is 0. The zero-order valence-electron chi connectivity index (χ0n) is 14.0. The van der Waals surface area contributed by atoms with Crippen LogP contribution in [0.2, 0.25) is 0 Å². The van der Waals surface area contributed by atoms with Gasteiger partial charge in [0.05, 0.1) is 5.56 Å². The zero-order valence-corrected chi connectivity index (χ0v) is 14.0. The Morgan fingerprint density at radius 3 is 2.81 bits per heavy atom. The Kier molecular flexibility index (Phi) is 4.12. The number of hydrogen-bond acceptors (Lipinski definition) is 3. The highest BCUT2D eigenvalue weighted by atomic mass is 19.1. The Balaban J connectivity index is 1.45. The van der Waals surface area contributed by atoms with Gasteiger partial charge in [-0.2, -0.15) is 0 Å². The van der Waals surface area contributed by atoms with Gasteiger partial charge in [0, 0.05) is 43.8 Å². The van der Waals surface area contributed by atoms with Crippen LogP contribution in [0.1, 0.15) is 15.9 Å². The number of halogens is 1. The lowest BCUT2D eigenvalue weighted by atomic mass is 10.1. The Morgan fingerprint density at radius 1 is 1.15 bits per heavy atom. The number of nitrogens with zero attached hydrogens (tertiary/aromatic N) is 4. The smallest absolute Gasteiger partial charge is 0.255 e. The number of carbonyl (C=O) groups excluding carboxylic acids is 2. The molecule has 2 amide bonds. The fourth-order valence-corrected chi connectivity index (χ4v) is 3.11. The Labute approximate surface area is 149 Å². The van der Waals surface area contributed by atoms with Crippen LogP contribution in [0.4, 0.5) is 4.39 Å². The second kappa shape index (κ2) is 6.59. The first-order chi connectivity index (χ1) is 12.6. The molecule has 0 saturated carbocycles. The van der Waals surface area contributed by atoms with Gasteiger partial charge in [0.1, 0.15) is 18.0 Å². The molecule has 1 aliphatic rings. The van der Waals surface area contributed by atoms with Gasteiger partial charge < -0.3 is 14.2 Å². The minimum atomic E-state index is -0.326. The molecule has 2 aromatic heterocycles. The van der Waals surface area contributed by atoms with Gasteiger partial charge >= 0.3 is 0 Å². The van der Waals surface area contributed by atoms with Crippen molar-refractivity contribution in [2.75, 3.05) is 19.6 Å². The molecule has 3 aromatic rings. The van der Waals surface area contributed by atoms with E-state index in [0.717, 1.165) is 5.65 Å². The zero-order chi connectivity index (χ0) is 18.1. The molecule has 0 atom stereocenters. The lowest BCUT2D eigenvalue weighted by molar-refractivity contribution is -0.135. The van der Waals surface area contributed by atoms with Crippen molar-refractivity contribution >= 4 is 17.5 Å². The summed E-state index contributed by atoms with van der Waals surface area (Å²) in [7, 11) is 0. The topological polar surface area (TPSA) is 57.9 Å². The maximum Gasteiger partial charge on any atom is 0.255 e. The number of aromatic nitrogens is 2. The van der Waals surface area contributed by atoms with Crippen molar-refractivity contribution in [3.63, 3.8) is 0 Å². The summed E-state index contributed by atoms with van der Waals surface area (Å²) in [4.78, 5) is 32.4. The van der Waals surface area contributed by atoms with Crippen molar-refractivity contribution in [2.24, 2.45) is 0 Å². The quantitative estimate of drug-likeness (QED) is 0.724. The van der Waals surface area contributed by atoms with Gasteiger partial charge in [-0.05, 0) is 18.2 Å². The molecule has 1 aromatic carbocycles. The normalized spacial score (nSPS) is 14.9. The van der Waals surface area contributed by atoms with Crippen LogP contribution in [0.5, 0.6) is 0 Å². The Morgan fingerprint density at radius 2 is 2.00 bits per heavy atom. The van der Waals surface area contributed by atoms with Gasteiger partial charge in [0.2, 0.25) is 5.91 Å². The lowest BCUT2D eigenvalue weighted by Crippen LogP contribution is -2.51. The van der Waals surface area contributed by atoms with Gasteiger partial charge in [-0.1, -0.05) is 18.2 Å². The van der Waals surface area contributed by atoms with E-state index in [0.29, 0.717) is 24.2 Å².